The minimum atomic E-state index is -4.05. The highest BCUT2D eigenvalue weighted by molar-refractivity contribution is 7.89. The Morgan fingerprint density at radius 3 is 2.40 bits per heavy atom. The molecular formula is C17H19NO6S. The lowest BCUT2D eigenvalue weighted by atomic mass is 9.98. The fourth-order valence-corrected chi connectivity index (χ4v) is 2.74. The number of nitrogens with two attached hydrogens (primary N) is 1. The van der Waals surface area contributed by atoms with Crippen molar-refractivity contribution in [2.45, 2.75) is 31.8 Å². The lowest BCUT2D eigenvalue weighted by Crippen LogP contribution is -2.16. The number of hydrogen-bond donors (Lipinski definition) is 1. The van der Waals surface area contributed by atoms with Crippen LogP contribution in [0.2, 0.25) is 0 Å². The summed E-state index contributed by atoms with van der Waals surface area (Å²) in [5, 5.41) is 4.35. The van der Waals surface area contributed by atoms with E-state index in [1.165, 1.54) is 0 Å². The molecule has 7 nitrogen and oxygen atoms in total. The van der Waals surface area contributed by atoms with Gasteiger partial charge in [0.05, 0.1) is 0 Å². The predicted octanol–water partition coefficient (Wildman–Crippen LogP) is 2.09. The number of carbonyl (C=O) groups is 2. The van der Waals surface area contributed by atoms with Crippen molar-refractivity contribution in [3.05, 3.63) is 52.8 Å². The van der Waals surface area contributed by atoms with Gasteiger partial charge in [-0.1, -0.05) is 26.0 Å². The average molecular weight is 365 g/mol. The molecule has 2 aromatic rings. The Kier molecular flexibility index (Phi) is 5.76. The van der Waals surface area contributed by atoms with Crippen LogP contribution in [0.1, 0.15) is 45.9 Å². The van der Waals surface area contributed by atoms with E-state index in [-0.39, 0.29) is 11.5 Å². The SMILES string of the molecule is CCc1ccc(CC)c(C(=O)COC(=O)c2ccc(S(N)(=O)=O)o2)c1. The van der Waals surface area contributed by atoms with Crippen LogP contribution < -0.4 is 5.14 Å². The van der Waals surface area contributed by atoms with Crippen molar-refractivity contribution in [1.82, 2.24) is 0 Å². The second-order valence-electron chi connectivity index (χ2n) is 5.36. The fraction of sp³-hybridized carbons (Fsp3) is 0.294. The number of furan rings is 1. The van der Waals surface area contributed by atoms with E-state index in [9.17, 15) is 18.0 Å². The molecule has 1 heterocycles. The number of esters is 1. The van der Waals surface area contributed by atoms with Crippen molar-refractivity contribution in [1.29, 1.82) is 0 Å². The van der Waals surface area contributed by atoms with E-state index < -0.39 is 27.7 Å². The van der Waals surface area contributed by atoms with Crippen LogP contribution in [0.25, 0.3) is 0 Å². The molecule has 0 spiro atoms. The molecule has 1 aromatic heterocycles. The average Bonchev–Trinajstić information content (AvgIpc) is 3.09. The quantitative estimate of drug-likeness (QED) is 0.593. The molecule has 25 heavy (non-hydrogen) atoms. The van der Waals surface area contributed by atoms with E-state index in [1.807, 2.05) is 26.0 Å². The predicted molar refractivity (Wildman–Crippen MR) is 89.9 cm³/mol. The van der Waals surface area contributed by atoms with Crippen molar-refractivity contribution in [2.24, 2.45) is 5.14 Å². The number of carbonyl (C=O) groups excluding carboxylic acids is 2. The topological polar surface area (TPSA) is 117 Å². The number of ether oxygens (including phenoxy) is 1. The molecule has 0 saturated carbocycles. The molecular weight excluding hydrogens is 346 g/mol. The zero-order chi connectivity index (χ0) is 18.6. The number of Topliss-reactive ketones (excluding diaryl/α,β-unsaturated/α-hetero) is 1. The Morgan fingerprint density at radius 2 is 1.84 bits per heavy atom. The van der Waals surface area contributed by atoms with Gasteiger partial charge in [-0.2, -0.15) is 0 Å². The number of primary sulfonamides is 1. The smallest absolute Gasteiger partial charge is 0.374 e. The molecule has 0 atom stereocenters. The van der Waals surface area contributed by atoms with Gasteiger partial charge in [-0.05, 0) is 42.2 Å². The van der Waals surface area contributed by atoms with Crippen LogP contribution in [0.5, 0.6) is 0 Å². The molecule has 134 valence electrons. The maximum atomic E-state index is 12.4. The van der Waals surface area contributed by atoms with E-state index >= 15 is 0 Å². The summed E-state index contributed by atoms with van der Waals surface area (Å²) in [5.74, 6) is -1.61. The maximum absolute atomic E-state index is 12.4. The largest absolute Gasteiger partial charge is 0.451 e. The van der Waals surface area contributed by atoms with Crippen LogP contribution in [0.15, 0.2) is 39.8 Å². The first kappa shape index (κ1) is 18.9. The Morgan fingerprint density at radius 1 is 1.12 bits per heavy atom. The van der Waals surface area contributed by atoms with Crippen molar-refractivity contribution in [3.8, 4) is 0 Å². The molecule has 0 saturated heterocycles. The van der Waals surface area contributed by atoms with Crippen LogP contribution in [-0.2, 0) is 27.6 Å². The van der Waals surface area contributed by atoms with E-state index in [1.54, 1.807) is 6.07 Å². The first-order chi connectivity index (χ1) is 11.8. The number of benzene rings is 1. The Labute approximate surface area is 145 Å². The second kappa shape index (κ2) is 7.62. The summed E-state index contributed by atoms with van der Waals surface area (Å²) in [6.07, 6.45) is 1.46. The molecule has 0 aliphatic rings. The van der Waals surface area contributed by atoms with Gasteiger partial charge in [0, 0.05) is 5.56 Å². The van der Waals surface area contributed by atoms with E-state index in [0.717, 1.165) is 29.7 Å². The summed E-state index contributed by atoms with van der Waals surface area (Å²) in [7, 11) is -4.05. The van der Waals surface area contributed by atoms with E-state index in [0.29, 0.717) is 12.0 Å². The minimum absolute atomic E-state index is 0.335. The Hall–Kier alpha value is -2.45. The molecule has 2 rings (SSSR count). The summed E-state index contributed by atoms with van der Waals surface area (Å²) >= 11 is 0. The first-order valence-corrected chi connectivity index (χ1v) is 9.25. The van der Waals surface area contributed by atoms with Crippen molar-refractivity contribution >= 4 is 21.8 Å². The van der Waals surface area contributed by atoms with Crippen LogP contribution in [-0.4, -0.2) is 26.8 Å². The van der Waals surface area contributed by atoms with Gasteiger partial charge in [0.1, 0.15) is 0 Å². The highest BCUT2D eigenvalue weighted by atomic mass is 32.2. The standard InChI is InChI=1S/C17H19NO6S/c1-3-11-5-6-12(4-2)13(9-11)14(19)10-23-17(20)15-7-8-16(24-15)25(18,21)22/h5-9H,3-4,10H2,1-2H3,(H2,18,21,22). The summed E-state index contributed by atoms with van der Waals surface area (Å²) in [6, 6.07) is 7.81. The highest BCUT2D eigenvalue weighted by Crippen LogP contribution is 2.16. The third-order valence-corrected chi connectivity index (χ3v) is 4.44. The summed E-state index contributed by atoms with van der Waals surface area (Å²) in [4.78, 5) is 24.3. The summed E-state index contributed by atoms with van der Waals surface area (Å²) in [5.41, 5.74) is 2.39. The molecule has 0 unspecified atom stereocenters. The van der Waals surface area contributed by atoms with Gasteiger partial charge < -0.3 is 9.15 Å². The summed E-state index contributed by atoms with van der Waals surface area (Å²) in [6.45, 7) is 3.45. The van der Waals surface area contributed by atoms with Gasteiger partial charge in [0.25, 0.3) is 10.0 Å². The van der Waals surface area contributed by atoms with Crippen LogP contribution in [0, 0.1) is 0 Å². The molecule has 0 radical (unpaired) electrons. The number of rotatable bonds is 7. The number of ketones is 1. The van der Waals surface area contributed by atoms with Crippen LogP contribution in [0.4, 0.5) is 0 Å². The molecule has 0 amide bonds. The van der Waals surface area contributed by atoms with Gasteiger partial charge in [0.2, 0.25) is 16.6 Å². The molecule has 8 heteroatoms. The lowest BCUT2D eigenvalue weighted by Gasteiger charge is -2.09. The van der Waals surface area contributed by atoms with Crippen LogP contribution in [0.3, 0.4) is 0 Å². The fourth-order valence-electron chi connectivity index (χ4n) is 2.27. The monoisotopic (exact) mass is 365 g/mol. The molecule has 1 aromatic carbocycles. The van der Waals surface area contributed by atoms with E-state index in [2.05, 4.69) is 0 Å². The lowest BCUT2D eigenvalue weighted by molar-refractivity contribution is 0.0438. The highest BCUT2D eigenvalue weighted by Gasteiger charge is 2.20. The Balaban J connectivity index is 2.09. The number of sulfonamides is 1. The van der Waals surface area contributed by atoms with Gasteiger partial charge in [-0.3, -0.25) is 4.79 Å². The van der Waals surface area contributed by atoms with Gasteiger partial charge >= 0.3 is 5.97 Å². The minimum Gasteiger partial charge on any atom is -0.451 e. The van der Waals surface area contributed by atoms with Crippen molar-refractivity contribution in [2.75, 3.05) is 6.61 Å². The van der Waals surface area contributed by atoms with E-state index in [4.69, 9.17) is 14.3 Å². The molecule has 2 N–H and O–H groups in total. The normalized spacial score (nSPS) is 11.3. The van der Waals surface area contributed by atoms with Crippen LogP contribution >= 0.6 is 0 Å². The molecule has 0 aliphatic carbocycles. The number of hydrogen-bond acceptors (Lipinski definition) is 6. The molecule has 0 bridgehead atoms. The first-order valence-electron chi connectivity index (χ1n) is 7.71. The molecule has 0 fully saturated rings. The zero-order valence-corrected chi connectivity index (χ0v) is 14.8. The molecule has 0 aliphatic heterocycles. The summed E-state index contributed by atoms with van der Waals surface area (Å²) < 4.78 is 32.0. The van der Waals surface area contributed by atoms with Gasteiger partial charge in [-0.15, -0.1) is 0 Å². The second-order valence-corrected chi connectivity index (χ2v) is 6.85. The third-order valence-electron chi connectivity index (χ3n) is 3.66. The maximum Gasteiger partial charge on any atom is 0.374 e. The third kappa shape index (κ3) is 4.55. The zero-order valence-electron chi connectivity index (χ0n) is 13.9. The van der Waals surface area contributed by atoms with Crippen molar-refractivity contribution in [3.63, 3.8) is 0 Å². The van der Waals surface area contributed by atoms with Gasteiger partial charge in [-0.25, -0.2) is 18.4 Å². The van der Waals surface area contributed by atoms with Crippen molar-refractivity contribution < 1.29 is 27.2 Å². The number of aryl methyl sites for hydroxylation is 2. The van der Waals surface area contributed by atoms with Gasteiger partial charge in [0.15, 0.2) is 6.61 Å². The Bertz CT molecular complexity index is 898.